The highest BCUT2D eigenvalue weighted by atomic mass is 35.5. The summed E-state index contributed by atoms with van der Waals surface area (Å²) in [5.74, 6) is 0.507. The second-order valence-electron chi connectivity index (χ2n) is 11.0. The van der Waals surface area contributed by atoms with Gasteiger partial charge >= 0.3 is 0 Å². The molecule has 0 unspecified atom stereocenters. The number of rotatable bonds is 15. The van der Waals surface area contributed by atoms with Crippen LogP contribution >= 0.6 is 23.2 Å². The van der Waals surface area contributed by atoms with E-state index >= 15 is 0 Å². The first kappa shape index (κ1) is 35.0. The van der Waals surface area contributed by atoms with E-state index in [1.807, 2.05) is 12.1 Å². The lowest BCUT2D eigenvalue weighted by Crippen LogP contribution is -2.35. The topological polar surface area (TPSA) is 139 Å². The molecular weight excluding hydrogens is 660 g/mol. The van der Waals surface area contributed by atoms with Gasteiger partial charge in [0.15, 0.2) is 0 Å². The molecule has 1 atom stereocenters. The predicted molar refractivity (Wildman–Crippen MR) is 183 cm³/mol. The van der Waals surface area contributed by atoms with Crippen molar-refractivity contribution in [3.8, 4) is 34.1 Å². The van der Waals surface area contributed by atoms with Crippen LogP contribution in [0, 0.1) is 0 Å². The van der Waals surface area contributed by atoms with Gasteiger partial charge in [0.05, 0.1) is 48.0 Å². The Kier molecular flexibility index (Phi) is 12.1. The fourth-order valence-corrected chi connectivity index (χ4v) is 5.87. The standard InChI is InChI=1S/C34H36Cl2FN7O4/c1-47-28-15-27(41-18-21(28)17-38-13-4-12-37)33(46)43-26-6-3-5-24(30(26)35)32-31(36)23(11-14-40-32)25-9-7-20(34(44-25)48-2)16-39-19-22-8-10-29(45)42-22/h3,5-7,9,11,14-15,18,22,38-39H,4,8,10,12-13,16-17,19H2,1-2H3,(H,42,45)(H,43,46)/t22-/m1/s1. The highest BCUT2D eigenvalue weighted by molar-refractivity contribution is 6.39. The van der Waals surface area contributed by atoms with Crippen molar-refractivity contribution in [1.29, 1.82) is 0 Å². The molecule has 5 rings (SSSR count). The van der Waals surface area contributed by atoms with Gasteiger partial charge < -0.3 is 30.7 Å². The van der Waals surface area contributed by atoms with Crippen molar-refractivity contribution < 1.29 is 23.5 Å². The third kappa shape index (κ3) is 8.37. The predicted octanol–water partition coefficient (Wildman–Crippen LogP) is 5.60. The van der Waals surface area contributed by atoms with Crippen LogP contribution in [0.4, 0.5) is 10.1 Å². The van der Waals surface area contributed by atoms with Crippen LogP contribution in [0.1, 0.15) is 40.9 Å². The number of amides is 2. The van der Waals surface area contributed by atoms with Crippen molar-refractivity contribution in [3.63, 3.8) is 0 Å². The molecule has 3 aromatic heterocycles. The van der Waals surface area contributed by atoms with E-state index in [-0.39, 0.29) is 22.7 Å². The molecule has 0 bridgehead atoms. The third-order valence-electron chi connectivity index (χ3n) is 7.79. The summed E-state index contributed by atoms with van der Waals surface area (Å²) in [5, 5.41) is 12.8. The smallest absolute Gasteiger partial charge is 0.274 e. The number of methoxy groups -OCH3 is 2. The van der Waals surface area contributed by atoms with E-state index in [9.17, 15) is 14.0 Å². The molecule has 1 fully saturated rings. The second kappa shape index (κ2) is 16.6. The SMILES string of the molecule is COc1cc(C(=O)Nc2cccc(-c3nccc(-c4ccc(CNC[C@H]5CCC(=O)N5)c(OC)n4)c3Cl)c2Cl)ncc1CNCCCF. The van der Waals surface area contributed by atoms with Gasteiger partial charge in [0.25, 0.3) is 5.91 Å². The number of pyridine rings is 3. The van der Waals surface area contributed by atoms with Gasteiger partial charge in [-0.2, -0.15) is 0 Å². The maximum atomic E-state index is 13.2. The van der Waals surface area contributed by atoms with Gasteiger partial charge in [-0.25, -0.2) is 4.98 Å². The minimum atomic E-state index is -0.490. The maximum absolute atomic E-state index is 13.2. The van der Waals surface area contributed by atoms with Crippen molar-refractivity contribution in [2.24, 2.45) is 0 Å². The van der Waals surface area contributed by atoms with Crippen LogP contribution in [-0.4, -0.2) is 66.8 Å². The molecule has 252 valence electrons. The zero-order valence-corrected chi connectivity index (χ0v) is 28.1. The Bertz CT molecular complexity index is 1780. The van der Waals surface area contributed by atoms with Crippen molar-refractivity contribution >= 4 is 40.7 Å². The number of nitrogens with one attached hydrogen (secondary N) is 4. The van der Waals surface area contributed by atoms with Crippen molar-refractivity contribution in [2.75, 3.05) is 39.3 Å². The molecule has 1 aliphatic rings. The number of nitrogens with zero attached hydrogens (tertiary/aromatic N) is 3. The lowest BCUT2D eigenvalue weighted by atomic mass is 10.1. The molecule has 0 radical (unpaired) electrons. The zero-order valence-electron chi connectivity index (χ0n) is 26.5. The Morgan fingerprint density at radius 1 is 1.02 bits per heavy atom. The van der Waals surface area contributed by atoms with E-state index in [0.717, 1.165) is 17.5 Å². The fourth-order valence-electron chi connectivity index (χ4n) is 5.30. The molecular formula is C34H36Cl2FN7O4. The van der Waals surface area contributed by atoms with Crippen LogP contribution in [0.25, 0.3) is 22.5 Å². The normalized spacial score (nSPS) is 14.1. The summed E-state index contributed by atoms with van der Waals surface area (Å²) in [7, 11) is 3.06. The van der Waals surface area contributed by atoms with E-state index in [2.05, 4.69) is 31.2 Å². The highest BCUT2D eigenvalue weighted by Crippen LogP contribution is 2.40. The van der Waals surface area contributed by atoms with Crippen LogP contribution in [-0.2, 0) is 17.9 Å². The maximum Gasteiger partial charge on any atom is 0.274 e. The number of aromatic nitrogens is 3. The Balaban J connectivity index is 1.32. The average molecular weight is 697 g/mol. The van der Waals surface area contributed by atoms with Crippen molar-refractivity contribution in [1.82, 2.24) is 30.9 Å². The number of alkyl halides is 1. The molecule has 0 aliphatic carbocycles. The molecule has 1 aromatic carbocycles. The van der Waals surface area contributed by atoms with Crippen LogP contribution < -0.4 is 30.7 Å². The fraction of sp³-hybridized carbons (Fsp3) is 0.324. The Hall–Kier alpha value is -4.36. The van der Waals surface area contributed by atoms with Crippen molar-refractivity contribution in [3.05, 3.63) is 81.7 Å². The van der Waals surface area contributed by atoms with E-state index in [1.165, 1.54) is 7.11 Å². The first-order valence-electron chi connectivity index (χ1n) is 15.4. The molecule has 14 heteroatoms. The van der Waals surface area contributed by atoms with Crippen molar-refractivity contribution in [2.45, 2.75) is 38.4 Å². The third-order valence-corrected chi connectivity index (χ3v) is 8.58. The van der Waals surface area contributed by atoms with Gasteiger partial charge in [0.2, 0.25) is 11.8 Å². The number of carbonyl (C=O) groups is 2. The number of anilines is 1. The van der Waals surface area contributed by atoms with E-state index in [0.29, 0.717) is 83.9 Å². The average Bonchev–Trinajstić information content (AvgIpc) is 3.52. The quantitative estimate of drug-likeness (QED) is 0.117. The molecule has 11 nitrogen and oxygen atoms in total. The van der Waals surface area contributed by atoms with Crippen LogP contribution in [0.3, 0.4) is 0 Å². The van der Waals surface area contributed by atoms with Crippen LogP contribution in [0.2, 0.25) is 10.0 Å². The number of ether oxygens (including phenoxy) is 2. The Labute approximate surface area is 288 Å². The summed E-state index contributed by atoms with van der Waals surface area (Å²) in [6, 6.07) is 12.3. The van der Waals surface area contributed by atoms with E-state index < -0.39 is 12.6 Å². The first-order valence-corrected chi connectivity index (χ1v) is 16.2. The molecule has 1 aliphatic heterocycles. The largest absolute Gasteiger partial charge is 0.496 e. The number of carbonyl (C=O) groups excluding carboxylic acids is 2. The van der Waals surface area contributed by atoms with Gasteiger partial charge in [-0.3, -0.25) is 23.9 Å². The molecule has 2 amide bonds. The van der Waals surface area contributed by atoms with Crippen LogP contribution in [0.15, 0.2) is 54.9 Å². The molecule has 4 N–H and O–H groups in total. The van der Waals surface area contributed by atoms with Gasteiger partial charge in [-0.05, 0) is 37.6 Å². The lowest BCUT2D eigenvalue weighted by molar-refractivity contribution is -0.119. The first-order chi connectivity index (χ1) is 23.3. The van der Waals surface area contributed by atoms with E-state index in [4.69, 9.17) is 37.7 Å². The minimum absolute atomic E-state index is 0.0777. The zero-order chi connectivity index (χ0) is 34.0. The molecule has 4 heterocycles. The van der Waals surface area contributed by atoms with Gasteiger partial charge in [0.1, 0.15) is 11.4 Å². The summed E-state index contributed by atoms with van der Waals surface area (Å²) in [6.45, 7) is 1.69. The molecule has 4 aromatic rings. The molecule has 1 saturated heterocycles. The molecule has 0 spiro atoms. The van der Waals surface area contributed by atoms with Gasteiger partial charge in [0, 0.05) is 72.8 Å². The summed E-state index contributed by atoms with van der Waals surface area (Å²) in [5.41, 5.74) is 4.18. The lowest BCUT2D eigenvalue weighted by Gasteiger charge is -2.15. The number of halogens is 3. The summed E-state index contributed by atoms with van der Waals surface area (Å²) >= 11 is 13.8. The second-order valence-corrected chi connectivity index (χ2v) is 11.8. The number of benzene rings is 1. The molecule has 48 heavy (non-hydrogen) atoms. The Morgan fingerprint density at radius 3 is 2.60 bits per heavy atom. The number of hydrogen-bond donors (Lipinski definition) is 4. The summed E-state index contributed by atoms with van der Waals surface area (Å²) < 4.78 is 23.4. The summed E-state index contributed by atoms with van der Waals surface area (Å²) in [4.78, 5) is 38.2. The highest BCUT2D eigenvalue weighted by Gasteiger charge is 2.22. The van der Waals surface area contributed by atoms with Gasteiger partial charge in [-0.15, -0.1) is 0 Å². The van der Waals surface area contributed by atoms with E-state index in [1.54, 1.807) is 49.8 Å². The summed E-state index contributed by atoms with van der Waals surface area (Å²) in [6.07, 6.45) is 4.93. The minimum Gasteiger partial charge on any atom is -0.496 e. The van der Waals surface area contributed by atoms with Crippen LogP contribution in [0.5, 0.6) is 11.6 Å². The molecule has 0 saturated carbocycles. The number of hydrogen-bond acceptors (Lipinski definition) is 9. The monoisotopic (exact) mass is 695 g/mol. The van der Waals surface area contributed by atoms with Gasteiger partial charge in [-0.1, -0.05) is 41.4 Å². The Morgan fingerprint density at radius 2 is 1.85 bits per heavy atom.